The third kappa shape index (κ3) is 8.82. The van der Waals surface area contributed by atoms with E-state index in [9.17, 15) is 13.2 Å². The third-order valence-electron chi connectivity index (χ3n) is 1.35. The largest absolute Gasteiger partial charge is 0.416 e. The van der Waals surface area contributed by atoms with Crippen LogP contribution in [0, 0.1) is 6.92 Å². The van der Waals surface area contributed by atoms with Crippen molar-refractivity contribution in [2.24, 2.45) is 0 Å². The number of alkyl halides is 3. The molecule has 0 saturated heterocycles. The molecule has 1 rings (SSSR count). The van der Waals surface area contributed by atoms with Gasteiger partial charge in [0.05, 0.1) is 5.56 Å². The van der Waals surface area contributed by atoms with E-state index < -0.39 is 20.0 Å². The van der Waals surface area contributed by atoms with Crippen molar-refractivity contribution in [3.05, 3.63) is 35.4 Å². The molecule has 0 saturated carbocycles. The topological polar surface area (TPSA) is 34.1 Å². The normalized spacial score (nSPS) is 11.6. The Morgan fingerprint density at radius 2 is 1.62 bits per heavy atom. The Morgan fingerprint density at radius 3 is 1.88 bits per heavy atom. The Morgan fingerprint density at radius 1 is 1.19 bits per heavy atom. The van der Waals surface area contributed by atoms with E-state index in [-0.39, 0.29) is 0 Å². The second kappa shape index (κ2) is 5.75. The smallest absolute Gasteiger partial charge is 0.195 e. The first kappa shape index (κ1) is 15.5. The third-order valence-corrected chi connectivity index (χ3v) is 1.35. The van der Waals surface area contributed by atoms with Gasteiger partial charge < -0.3 is 0 Å². The van der Waals surface area contributed by atoms with Crippen LogP contribution in [0.4, 0.5) is 13.2 Å². The van der Waals surface area contributed by atoms with Crippen molar-refractivity contribution in [2.75, 3.05) is 0 Å². The highest BCUT2D eigenvalue weighted by atomic mass is 36.0. The average molecular weight is 295 g/mol. The minimum absolute atomic E-state index is 0.586. The number of rotatable bonds is 0. The maximum atomic E-state index is 12.0. The summed E-state index contributed by atoms with van der Waals surface area (Å²) in [5, 5.41) is 0. The van der Waals surface area contributed by atoms with Crippen LogP contribution in [0.3, 0.4) is 0 Å². The van der Waals surface area contributed by atoms with Crippen molar-refractivity contribution >= 4 is 29.6 Å². The van der Waals surface area contributed by atoms with E-state index in [2.05, 4.69) is 21.4 Å². The van der Waals surface area contributed by atoms with Gasteiger partial charge in [-0.3, -0.25) is 0 Å². The van der Waals surface area contributed by atoms with Crippen LogP contribution in [-0.4, -0.2) is 8.42 Å². The second-order valence-electron chi connectivity index (χ2n) is 2.75. The predicted octanol–water partition coefficient (Wildman–Crippen LogP) is 3.72. The molecule has 1 aromatic rings. The summed E-state index contributed by atoms with van der Waals surface area (Å²) < 4.78 is 54.2. The zero-order chi connectivity index (χ0) is 13.0. The quantitative estimate of drug-likeness (QED) is 0.684. The van der Waals surface area contributed by atoms with Crippen LogP contribution in [0.5, 0.6) is 0 Å². The van der Waals surface area contributed by atoms with Gasteiger partial charge in [0.2, 0.25) is 0 Å². The fourth-order valence-electron chi connectivity index (χ4n) is 0.821. The minimum Gasteiger partial charge on any atom is -0.195 e. The van der Waals surface area contributed by atoms with E-state index >= 15 is 0 Å². The van der Waals surface area contributed by atoms with E-state index in [4.69, 9.17) is 8.42 Å². The van der Waals surface area contributed by atoms with Gasteiger partial charge in [0.15, 0.2) is 0 Å². The van der Waals surface area contributed by atoms with Gasteiger partial charge in [0.1, 0.15) is 0 Å². The van der Waals surface area contributed by atoms with Crippen LogP contribution in [0.1, 0.15) is 11.1 Å². The molecule has 2 nitrogen and oxygen atoms in total. The first-order chi connectivity index (χ1) is 7.00. The molecule has 0 unspecified atom stereocenters. The van der Waals surface area contributed by atoms with Crippen LogP contribution >= 0.6 is 21.4 Å². The van der Waals surface area contributed by atoms with Crippen molar-refractivity contribution < 1.29 is 21.6 Å². The molecule has 0 heterocycles. The molecular formula is C8H7Cl2F3O2S. The predicted molar refractivity (Wildman–Crippen MR) is 56.8 cm³/mol. The minimum atomic E-state index is -4.22. The lowest BCUT2D eigenvalue weighted by molar-refractivity contribution is -0.137. The molecule has 0 bridgehead atoms. The van der Waals surface area contributed by atoms with Gasteiger partial charge in [-0.05, 0) is 13.0 Å². The Labute approximate surface area is 99.9 Å². The van der Waals surface area contributed by atoms with Crippen molar-refractivity contribution in [3.8, 4) is 0 Å². The van der Waals surface area contributed by atoms with Crippen LogP contribution in [0.25, 0.3) is 0 Å². The fraction of sp³-hybridized carbons (Fsp3) is 0.250. The van der Waals surface area contributed by atoms with Crippen LogP contribution in [-0.2, 0) is 14.4 Å². The highest BCUT2D eigenvalue weighted by molar-refractivity contribution is 8.31. The van der Waals surface area contributed by atoms with Crippen LogP contribution in [0.15, 0.2) is 24.3 Å². The summed E-state index contributed by atoms with van der Waals surface area (Å²) in [6, 6.07) is 5.22. The summed E-state index contributed by atoms with van der Waals surface area (Å²) in [5.41, 5.74) is 0.0392. The van der Waals surface area contributed by atoms with Gasteiger partial charge in [-0.2, -0.15) is 21.6 Å². The van der Waals surface area contributed by atoms with Crippen molar-refractivity contribution in [1.82, 2.24) is 0 Å². The van der Waals surface area contributed by atoms with Crippen molar-refractivity contribution in [1.29, 1.82) is 0 Å². The number of hydrogen-bond acceptors (Lipinski definition) is 2. The molecule has 0 amide bonds. The van der Waals surface area contributed by atoms with Gasteiger partial charge in [-0.15, -0.1) is 0 Å². The summed E-state index contributed by atoms with van der Waals surface area (Å²) in [7, 11) is 4.81. The number of hydrogen-bond donors (Lipinski definition) is 0. The zero-order valence-electron chi connectivity index (χ0n) is 7.92. The molecule has 0 spiro atoms. The Hall–Kier alpha value is -0.460. The molecule has 0 N–H and O–H groups in total. The molecule has 0 aliphatic rings. The number of halogens is 5. The Balaban J connectivity index is 0.000000385. The molecule has 0 aliphatic heterocycles. The summed E-state index contributed by atoms with van der Waals surface area (Å²) in [6.45, 7) is 1.63. The van der Waals surface area contributed by atoms with Gasteiger partial charge >= 0.3 is 14.4 Å². The standard InChI is InChI=1S/C8H7F3.Cl2O2S/c1-6-3-2-4-7(5-6)8(9,10)11;1-5(2,3)4/h2-5H,1H3;. The van der Waals surface area contributed by atoms with Gasteiger partial charge in [-0.25, -0.2) is 0 Å². The van der Waals surface area contributed by atoms with E-state index in [1.54, 1.807) is 13.0 Å². The van der Waals surface area contributed by atoms with E-state index in [0.29, 0.717) is 5.56 Å². The molecule has 1 aromatic carbocycles. The molecule has 0 radical (unpaired) electrons. The van der Waals surface area contributed by atoms with Crippen molar-refractivity contribution in [2.45, 2.75) is 13.1 Å². The van der Waals surface area contributed by atoms with Gasteiger partial charge in [-0.1, -0.05) is 23.8 Å². The summed E-state index contributed by atoms with van der Waals surface area (Å²) in [6.07, 6.45) is -4.22. The van der Waals surface area contributed by atoms with E-state index in [0.717, 1.165) is 12.1 Å². The first-order valence-electron chi connectivity index (χ1n) is 3.78. The second-order valence-corrected chi connectivity index (χ2v) is 6.41. The highest BCUT2D eigenvalue weighted by Crippen LogP contribution is 2.29. The van der Waals surface area contributed by atoms with Crippen LogP contribution < -0.4 is 0 Å². The summed E-state index contributed by atoms with van der Waals surface area (Å²) in [5.74, 6) is 0. The molecule has 92 valence electrons. The maximum Gasteiger partial charge on any atom is 0.416 e. The average Bonchev–Trinajstić information content (AvgIpc) is 1.99. The monoisotopic (exact) mass is 294 g/mol. The van der Waals surface area contributed by atoms with Crippen molar-refractivity contribution in [3.63, 3.8) is 0 Å². The molecule has 0 aromatic heterocycles. The van der Waals surface area contributed by atoms with E-state index in [1.165, 1.54) is 6.07 Å². The fourth-order valence-corrected chi connectivity index (χ4v) is 0.821. The Kier molecular flexibility index (Phi) is 5.58. The SMILES string of the molecule is Cc1cccc(C(F)(F)F)c1.O=S(=O)(Cl)Cl. The lowest BCUT2D eigenvalue weighted by atomic mass is 10.1. The number of aryl methyl sites for hydroxylation is 1. The molecule has 0 aliphatic carbocycles. The summed E-state index contributed by atoms with van der Waals surface area (Å²) >= 11 is 0. The molecule has 16 heavy (non-hydrogen) atoms. The lowest BCUT2D eigenvalue weighted by Gasteiger charge is -2.05. The van der Waals surface area contributed by atoms with E-state index in [1.807, 2.05) is 0 Å². The molecular weight excluding hydrogens is 288 g/mol. The maximum absolute atomic E-state index is 12.0. The zero-order valence-corrected chi connectivity index (χ0v) is 10.3. The van der Waals surface area contributed by atoms with Gasteiger partial charge in [0.25, 0.3) is 0 Å². The highest BCUT2D eigenvalue weighted by Gasteiger charge is 2.29. The molecule has 0 atom stereocenters. The first-order valence-corrected chi connectivity index (χ1v) is 6.92. The lowest BCUT2D eigenvalue weighted by Crippen LogP contribution is -2.04. The molecule has 8 heteroatoms. The Bertz CT molecular complexity index is 435. The number of benzene rings is 1. The summed E-state index contributed by atoms with van der Waals surface area (Å²) in [4.78, 5) is 0. The van der Waals surface area contributed by atoms with Gasteiger partial charge in [0, 0.05) is 21.4 Å². The van der Waals surface area contributed by atoms with Crippen LogP contribution in [0.2, 0.25) is 0 Å². The molecule has 0 fully saturated rings.